The van der Waals surface area contributed by atoms with E-state index in [-0.39, 0.29) is 23.4 Å². The van der Waals surface area contributed by atoms with Gasteiger partial charge in [0.1, 0.15) is 0 Å². The second kappa shape index (κ2) is 5.90. The molecule has 2 aromatic rings. The van der Waals surface area contributed by atoms with Crippen LogP contribution in [-0.4, -0.2) is 17.5 Å². The van der Waals surface area contributed by atoms with Gasteiger partial charge in [0.15, 0.2) is 11.6 Å². The highest BCUT2D eigenvalue weighted by atomic mass is 16.2. The Balaban J connectivity index is 1.88. The van der Waals surface area contributed by atoms with Crippen molar-refractivity contribution in [3.63, 3.8) is 0 Å². The molecule has 0 bridgehead atoms. The molecule has 0 radical (unpaired) electrons. The molecule has 4 heteroatoms. The number of allylic oxidation sites excluding steroid dienone is 1. The van der Waals surface area contributed by atoms with Crippen LogP contribution in [0.2, 0.25) is 0 Å². The van der Waals surface area contributed by atoms with Gasteiger partial charge in [0.05, 0.1) is 11.8 Å². The van der Waals surface area contributed by atoms with Gasteiger partial charge < -0.3 is 5.32 Å². The topological polar surface area (TPSA) is 63.2 Å². The Bertz CT molecular complexity index is 964. The van der Waals surface area contributed by atoms with Crippen LogP contribution in [-0.2, 0) is 4.79 Å². The van der Waals surface area contributed by atoms with Gasteiger partial charge >= 0.3 is 0 Å². The van der Waals surface area contributed by atoms with Crippen LogP contribution in [0.3, 0.4) is 0 Å². The summed E-state index contributed by atoms with van der Waals surface area (Å²) >= 11 is 0. The third-order valence-electron chi connectivity index (χ3n) is 5.59. The molecule has 26 heavy (non-hydrogen) atoms. The molecule has 1 fully saturated rings. The second-order valence-corrected chi connectivity index (χ2v) is 7.53. The molecule has 1 aliphatic carbocycles. The summed E-state index contributed by atoms with van der Waals surface area (Å²) in [6.45, 7) is 7.97. The van der Waals surface area contributed by atoms with E-state index < -0.39 is 11.8 Å². The van der Waals surface area contributed by atoms with Crippen LogP contribution in [0.15, 0.2) is 42.6 Å². The average Bonchev–Trinajstić information content (AvgIpc) is 2.60. The maximum Gasteiger partial charge on any atom is 0.228 e. The Kier molecular flexibility index (Phi) is 3.79. The molecule has 1 N–H and O–H groups in total. The minimum atomic E-state index is -0.939. The molecule has 4 rings (SSSR count). The molecule has 132 valence electrons. The van der Waals surface area contributed by atoms with Crippen molar-refractivity contribution in [3.05, 3.63) is 59.3 Å². The summed E-state index contributed by atoms with van der Waals surface area (Å²) < 4.78 is 0. The number of nitrogens with one attached hydrogen (secondary N) is 1. The van der Waals surface area contributed by atoms with Crippen molar-refractivity contribution in [1.82, 2.24) is 5.32 Å². The minimum Gasteiger partial charge on any atom is -0.330 e. The molecule has 1 aliphatic heterocycles. The highest BCUT2D eigenvalue weighted by molar-refractivity contribution is 6.30. The van der Waals surface area contributed by atoms with E-state index in [1.165, 1.54) is 0 Å². The Morgan fingerprint density at radius 3 is 2.38 bits per heavy atom. The number of amides is 1. The van der Waals surface area contributed by atoms with Crippen molar-refractivity contribution in [3.8, 4) is 0 Å². The lowest BCUT2D eigenvalue weighted by Gasteiger charge is -2.32. The number of rotatable bonds is 2. The monoisotopic (exact) mass is 347 g/mol. The molecular weight excluding hydrogens is 326 g/mol. The van der Waals surface area contributed by atoms with Gasteiger partial charge in [-0.3, -0.25) is 14.4 Å². The first-order valence-corrected chi connectivity index (χ1v) is 9.03. The van der Waals surface area contributed by atoms with E-state index in [1.807, 2.05) is 24.3 Å². The largest absolute Gasteiger partial charge is 0.330 e. The summed E-state index contributed by atoms with van der Waals surface area (Å²) in [6.07, 6.45) is 1.07. The number of benzene rings is 2. The summed E-state index contributed by atoms with van der Waals surface area (Å²) in [4.78, 5) is 38.8. The Labute approximate surface area is 152 Å². The highest BCUT2D eigenvalue weighted by Crippen LogP contribution is 2.40. The van der Waals surface area contributed by atoms with Crippen molar-refractivity contribution in [2.75, 3.05) is 0 Å². The standard InChI is InChI=1S/C22H21NO3/c1-11(2)13-9-10-16-18-14(13)5-4-6-15(18)20(24)19(21(16)25)17-8-7-12(3)23-22(17)26/h4-6,9-11,17,19H,3,7-8H2,1-2H3,(H,23,26). The van der Waals surface area contributed by atoms with Gasteiger partial charge in [0, 0.05) is 22.2 Å². The quantitative estimate of drug-likeness (QED) is 0.835. The molecule has 1 amide bonds. The third-order valence-corrected chi connectivity index (χ3v) is 5.59. The fraction of sp³-hybridized carbons (Fsp3) is 0.318. The molecule has 4 nitrogen and oxygen atoms in total. The maximum absolute atomic E-state index is 13.2. The van der Waals surface area contributed by atoms with E-state index in [0.717, 1.165) is 16.3 Å². The number of hydrogen-bond donors (Lipinski definition) is 1. The maximum atomic E-state index is 13.2. The van der Waals surface area contributed by atoms with Gasteiger partial charge in [-0.25, -0.2) is 0 Å². The zero-order chi connectivity index (χ0) is 18.6. The van der Waals surface area contributed by atoms with Gasteiger partial charge in [-0.2, -0.15) is 0 Å². The van der Waals surface area contributed by atoms with E-state index in [2.05, 4.69) is 25.7 Å². The van der Waals surface area contributed by atoms with Crippen molar-refractivity contribution < 1.29 is 14.4 Å². The van der Waals surface area contributed by atoms with Crippen molar-refractivity contribution in [2.45, 2.75) is 32.6 Å². The van der Waals surface area contributed by atoms with Crippen LogP contribution in [0.25, 0.3) is 10.8 Å². The first kappa shape index (κ1) is 16.7. The van der Waals surface area contributed by atoms with E-state index >= 15 is 0 Å². The zero-order valence-electron chi connectivity index (χ0n) is 15.0. The SMILES string of the molecule is C=C1CCC(C2C(=O)c3cccc4c(C(C)C)ccc(c34)C2=O)C(=O)N1. The van der Waals surface area contributed by atoms with Crippen molar-refractivity contribution in [1.29, 1.82) is 0 Å². The Morgan fingerprint density at radius 1 is 1.04 bits per heavy atom. The van der Waals surface area contributed by atoms with Crippen molar-refractivity contribution in [2.24, 2.45) is 11.8 Å². The molecule has 1 heterocycles. The summed E-state index contributed by atoms with van der Waals surface area (Å²) in [5, 5.41) is 4.40. The first-order valence-electron chi connectivity index (χ1n) is 9.03. The van der Waals surface area contributed by atoms with E-state index in [4.69, 9.17) is 0 Å². The normalized spacial score (nSPS) is 22.9. The van der Waals surface area contributed by atoms with Gasteiger partial charge in [-0.1, -0.05) is 50.8 Å². The molecule has 2 atom stereocenters. The van der Waals surface area contributed by atoms with E-state index in [1.54, 1.807) is 6.07 Å². The summed E-state index contributed by atoms with van der Waals surface area (Å²) in [5.41, 5.74) is 2.88. The molecule has 0 saturated carbocycles. The molecule has 2 aliphatic rings. The highest BCUT2D eigenvalue weighted by Gasteiger charge is 2.44. The van der Waals surface area contributed by atoms with Crippen LogP contribution < -0.4 is 5.32 Å². The van der Waals surface area contributed by atoms with Crippen LogP contribution in [0.1, 0.15) is 58.9 Å². The molecule has 1 saturated heterocycles. The van der Waals surface area contributed by atoms with Crippen molar-refractivity contribution >= 4 is 28.2 Å². The van der Waals surface area contributed by atoms with Gasteiger partial charge in [-0.15, -0.1) is 0 Å². The number of carbonyl (C=O) groups is 3. The lowest BCUT2D eigenvalue weighted by Crippen LogP contribution is -2.45. The molecule has 2 aromatic carbocycles. The fourth-order valence-corrected chi connectivity index (χ4v) is 4.27. The predicted octanol–water partition coefficient (Wildman–Crippen LogP) is 4.00. The van der Waals surface area contributed by atoms with Crippen LogP contribution in [0.5, 0.6) is 0 Å². The number of piperidine rings is 1. The number of ketones is 2. The van der Waals surface area contributed by atoms with E-state index in [9.17, 15) is 14.4 Å². The number of Topliss-reactive ketones (excluding diaryl/α,β-unsaturated/α-hetero) is 2. The minimum absolute atomic E-state index is 0.235. The zero-order valence-corrected chi connectivity index (χ0v) is 15.0. The summed E-state index contributed by atoms with van der Waals surface area (Å²) in [7, 11) is 0. The molecule has 0 aromatic heterocycles. The van der Waals surface area contributed by atoms with Gasteiger partial charge in [-0.05, 0) is 29.7 Å². The van der Waals surface area contributed by atoms with E-state index in [0.29, 0.717) is 29.7 Å². The third kappa shape index (κ3) is 2.32. The lowest BCUT2D eigenvalue weighted by atomic mass is 9.71. The molecular formula is C22H21NO3. The van der Waals surface area contributed by atoms with Gasteiger partial charge in [0.25, 0.3) is 0 Å². The van der Waals surface area contributed by atoms with Crippen LogP contribution in [0, 0.1) is 11.8 Å². The van der Waals surface area contributed by atoms with Crippen LogP contribution in [0.4, 0.5) is 0 Å². The van der Waals surface area contributed by atoms with Crippen LogP contribution >= 0.6 is 0 Å². The number of carbonyl (C=O) groups excluding carboxylic acids is 3. The Morgan fingerprint density at radius 2 is 1.73 bits per heavy atom. The number of hydrogen-bond acceptors (Lipinski definition) is 3. The average molecular weight is 347 g/mol. The predicted molar refractivity (Wildman–Crippen MR) is 100 cm³/mol. The lowest BCUT2D eigenvalue weighted by molar-refractivity contribution is -0.126. The first-order chi connectivity index (χ1) is 12.4. The second-order valence-electron chi connectivity index (χ2n) is 7.53. The molecule has 2 unspecified atom stereocenters. The summed E-state index contributed by atoms with van der Waals surface area (Å²) in [6, 6.07) is 9.40. The Hall–Kier alpha value is -2.75. The fourth-order valence-electron chi connectivity index (χ4n) is 4.27. The summed E-state index contributed by atoms with van der Waals surface area (Å²) in [5.74, 6) is -2.03. The van der Waals surface area contributed by atoms with Gasteiger partial charge in [0.2, 0.25) is 5.91 Å². The molecule has 0 spiro atoms. The smallest absolute Gasteiger partial charge is 0.228 e.